The van der Waals surface area contributed by atoms with Gasteiger partial charge in [-0.1, -0.05) is 30.3 Å². The van der Waals surface area contributed by atoms with Crippen molar-refractivity contribution in [3.8, 4) is 0 Å². The molecule has 1 fully saturated rings. The minimum atomic E-state index is -1.08. The molecule has 6 amide bonds. The number of aryl methyl sites for hydroxylation is 1. The quantitative estimate of drug-likeness (QED) is 0.662. The van der Waals surface area contributed by atoms with Crippen molar-refractivity contribution in [3.63, 3.8) is 0 Å². The van der Waals surface area contributed by atoms with Gasteiger partial charge < -0.3 is 10.6 Å². The lowest BCUT2D eigenvalue weighted by Gasteiger charge is -2.21. The SMILES string of the molecule is CC(C)NC(=O)NC(=O)CN1C(=O)N[C@](C)(CCc2ccccc2)C1=O. The number of hydrogen-bond donors (Lipinski definition) is 3. The van der Waals surface area contributed by atoms with E-state index in [1.165, 1.54) is 0 Å². The summed E-state index contributed by atoms with van der Waals surface area (Å²) >= 11 is 0. The van der Waals surface area contributed by atoms with E-state index >= 15 is 0 Å². The fourth-order valence-corrected chi connectivity index (χ4v) is 2.71. The maximum Gasteiger partial charge on any atom is 0.325 e. The van der Waals surface area contributed by atoms with E-state index in [1.807, 2.05) is 30.3 Å². The third kappa shape index (κ3) is 4.81. The minimum Gasteiger partial charge on any atom is -0.336 e. The first kappa shape index (κ1) is 19.4. The van der Waals surface area contributed by atoms with Crippen molar-refractivity contribution in [1.29, 1.82) is 0 Å². The normalized spacial score (nSPS) is 19.5. The fourth-order valence-electron chi connectivity index (χ4n) is 2.71. The van der Waals surface area contributed by atoms with Crippen LogP contribution in [-0.4, -0.2) is 46.9 Å². The second-order valence-electron chi connectivity index (χ2n) is 6.82. The monoisotopic (exact) mass is 360 g/mol. The number of hydrogen-bond acceptors (Lipinski definition) is 4. The Labute approximate surface area is 152 Å². The van der Waals surface area contributed by atoms with E-state index in [2.05, 4.69) is 16.0 Å². The van der Waals surface area contributed by atoms with Crippen LogP contribution in [0.1, 0.15) is 32.8 Å². The van der Waals surface area contributed by atoms with E-state index in [0.717, 1.165) is 10.5 Å². The lowest BCUT2D eigenvalue weighted by atomic mass is 9.93. The lowest BCUT2D eigenvalue weighted by molar-refractivity contribution is -0.134. The Morgan fingerprint density at radius 2 is 1.85 bits per heavy atom. The lowest BCUT2D eigenvalue weighted by Crippen LogP contribution is -2.48. The molecule has 0 spiro atoms. The minimum absolute atomic E-state index is 0.138. The highest BCUT2D eigenvalue weighted by molar-refractivity contribution is 6.09. The number of carbonyl (C=O) groups is 4. The van der Waals surface area contributed by atoms with Crippen molar-refractivity contribution in [2.24, 2.45) is 0 Å². The van der Waals surface area contributed by atoms with Crippen LogP contribution in [0.5, 0.6) is 0 Å². The van der Waals surface area contributed by atoms with Gasteiger partial charge in [0.1, 0.15) is 12.1 Å². The summed E-state index contributed by atoms with van der Waals surface area (Å²) in [7, 11) is 0. The molecule has 1 aromatic rings. The van der Waals surface area contributed by atoms with E-state index < -0.39 is 36.0 Å². The zero-order valence-corrected chi connectivity index (χ0v) is 15.2. The van der Waals surface area contributed by atoms with Crippen LogP contribution in [0.3, 0.4) is 0 Å². The van der Waals surface area contributed by atoms with Gasteiger partial charge in [-0.2, -0.15) is 0 Å². The number of carbonyl (C=O) groups excluding carboxylic acids is 4. The van der Waals surface area contributed by atoms with Crippen LogP contribution in [0.15, 0.2) is 30.3 Å². The first-order chi connectivity index (χ1) is 12.2. The Kier molecular flexibility index (Phi) is 5.97. The zero-order valence-electron chi connectivity index (χ0n) is 15.2. The fraction of sp³-hybridized carbons (Fsp3) is 0.444. The van der Waals surface area contributed by atoms with Crippen LogP contribution in [0.2, 0.25) is 0 Å². The first-order valence-corrected chi connectivity index (χ1v) is 8.49. The molecule has 8 nitrogen and oxygen atoms in total. The average molecular weight is 360 g/mol. The first-order valence-electron chi connectivity index (χ1n) is 8.49. The standard InChI is InChI=1S/C18H24N4O4/c1-12(2)19-16(25)20-14(23)11-22-15(24)18(3,21-17(22)26)10-9-13-7-5-4-6-8-13/h4-8,12H,9-11H2,1-3H3,(H,21,26)(H2,19,20,23,25)/t18-/m1/s1. The molecule has 0 aliphatic carbocycles. The Hall–Kier alpha value is -2.90. The highest BCUT2D eigenvalue weighted by atomic mass is 16.2. The summed E-state index contributed by atoms with van der Waals surface area (Å²) in [5.41, 5.74) is -0.0229. The Morgan fingerprint density at radius 3 is 2.46 bits per heavy atom. The van der Waals surface area contributed by atoms with Crippen molar-refractivity contribution in [3.05, 3.63) is 35.9 Å². The molecule has 0 unspecified atom stereocenters. The predicted octanol–water partition coefficient (Wildman–Crippen LogP) is 1.16. The summed E-state index contributed by atoms with van der Waals surface area (Å²) < 4.78 is 0. The molecule has 0 radical (unpaired) electrons. The number of rotatable bonds is 6. The van der Waals surface area contributed by atoms with Crippen LogP contribution >= 0.6 is 0 Å². The van der Waals surface area contributed by atoms with Crippen LogP contribution in [0, 0.1) is 0 Å². The predicted molar refractivity (Wildman–Crippen MR) is 95.2 cm³/mol. The van der Waals surface area contributed by atoms with Crippen LogP contribution in [0.4, 0.5) is 9.59 Å². The number of urea groups is 2. The summed E-state index contributed by atoms with van der Waals surface area (Å²) in [4.78, 5) is 49.0. The largest absolute Gasteiger partial charge is 0.336 e. The Balaban J connectivity index is 1.94. The average Bonchev–Trinajstić information content (AvgIpc) is 2.77. The van der Waals surface area contributed by atoms with Crippen molar-refractivity contribution >= 4 is 23.9 Å². The van der Waals surface area contributed by atoms with E-state index in [9.17, 15) is 19.2 Å². The molecule has 1 aromatic carbocycles. The molecule has 1 aliphatic heterocycles. The van der Waals surface area contributed by atoms with Gasteiger partial charge in [-0.3, -0.25) is 19.8 Å². The number of benzene rings is 1. The van der Waals surface area contributed by atoms with E-state index in [-0.39, 0.29) is 6.04 Å². The van der Waals surface area contributed by atoms with Gasteiger partial charge in [0.25, 0.3) is 5.91 Å². The smallest absolute Gasteiger partial charge is 0.325 e. The third-order valence-corrected chi connectivity index (χ3v) is 4.08. The van der Waals surface area contributed by atoms with Crippen LogP contribution in [0.25, 0.3) is 0 Å². The molecule has 140 valence electrons. The molecular formula is C18H24N4O4. The highest BCUT2D eigenvalue weighted by Gasteiger charge is 2.47. The van der Waals surface area contributed by atoms with Gasteiger partial charge in [-0.15, -0.1) is 0 Å². The van der Waals surface area contributed by atoms with Gasteiger partial charge in [0, 0.05) is 6.04 Å². The second-order valence-corrected chi connectivity index (χ2v) is 6.82. The second kappa shape index (κ2) is 7.99. The zero-order chi connectivity index (χ0) is 19.3. The molecule has 1 atom stereocenters. The molecule has 0 bridgehead atoms. The van der Waals surface area contributed by atoms with E-state index in [0.29, 0.717) is 12.8 Å². The summed E-state index contributed by atoms with van der Waals surface area (Å²) in [6.45, 7) is 4.63. The maximum absolute atomic E-state index is 12.6. The molecule has 0 saturated carbocycles. The molecular weight excluding hydrogens is 336 g/mol. The van der Waals surface area contributed by atoms with Gasteiger partial charge in [-0.05, 0) is 39.2 Å². The van der Waals surface area contributed by atoms with Gasteiger partial charge in [-0.25, -0.2) is 9.59 Å². The van der Waals surface area contributed by atoms with E-state index in [4.69, 9.17) is 0 Å². The molecule has 26 heavy (non-hydrogen) atoms. The van der Waals surface area contributed by atoms with Gasteiger partial charge >= 0.3 is 12.1 Å². The van der Waals surface area contributed by atoms with Gasteiger partial charge in [0.15, 0.2) is 0 Å². The number of imide groups is 2. The summed E-state index contributed by atoms with van der Waals surface area (Å²) in [6, 6.07) is 8.18. The summed E-state index contributed by atoms with van der Waals surface area (Å²) in [5, 5.41) is 7.25. The van der Waals surface area contributed by atoms with Crippen LogP contribution in [-0.2, 0) is 16.0 Å². The number of nitrogens with one attached hydrogen (secondary N) is 3. The van der Waals surface area contributed by atoms with Crippen molar-refractivity contribution in [2.75, 3.05) is 6.54 Å². The molecule has 2 rings (SSSR count). The Morgan fingerprint density at radius 1 is 1.19 bits per heavy atom. The number of nitrogens with zero attached hydrogens (tertiary/aromatic N) is 1. The van der Waals surface area contributed by atoms with Gasteiger partial charge in [0.2, 0.25) is 5.91 Å². The topological polar surface area (TPSA) is 108 Å². The van der Waals surface area contributed by atoms with Crippen molar-refractivity contribution < 1.29 is 19.2 Å². The summed E-state index contributed by atoms with van der Waals surface area (Å²) in [5.74, 6) is -1.20. The molecule has 1 aliphatic rings. The van der Waals surface area contributed by atoms with Crippen LogP contribution < -0.4 is 16.0 Å². The van der Waals surface area contributed by atoms with Crippen molar-refractivity contribution in [1.82, 2.24) is 20.9 Å². The van der Waals surface area contributed by atoms with E-state index in [1.54, 1.807) is 20.8 Å². The number of amides is 6. The third-order valence-electron chi connectivity index (χ3n) is 4.08. The molecule has 8 heteroatoms. The molecule has 0 aromatic heterocycles. The summed E-state index contributed by atoms with van der Waals surface area (Å²) in [6.07, 6.45) is 1.02. The van der Waals surface area contributed by atoms with Gasteiger partial charge in [0.05, 0.1) is 0 Å². The van der Waals surface area contributed by atoms with Crippen molar-refractivity contribution in [2.45, 2.75) is 45.2 Å². The molecule has 3 N–H and O–H groups in total. The molecule has 1 saturated heterocycles. The Bertz CT molecular complexity index is 704. The maximum atomic E-state index is 12.6. The highest BCUT2D eigenvalue weighted by Crippen LogP contribution is 2.23. The molecule has 1 heterocycles.